The van der Waals surface area contributed by atoms with Gasteiger partial charge in [0.2, 0.25) is 0 Å². The van der Waals surface area contributed by atoms with E-state index in [-0.39, 0.29) is 0 Å². The van der Waals surface area contributed by atoms with Crippen LogP contribution in [0.4, 0.5) is 0 Å². The first-order valence-corrected chi connectivity index (χ1v) is 11.3. The van der Waals surface area contributed by atoms with Gasteiger partial charge in [-0.05, 0) is 115 Å². The third-order valence-corrected chi connectivity index (χ3v) is 6.84. The van der Waals surface area contributed by atoms with Crippen LogP contribution in [0.1, 0.15) is 100 Å². The number of carboxylic acid groups (broad SMARTS) is 2. The molecule has 0 atom stereocenters. The van der Waals surface area contributed by atoms with Gasteiger partial charge in [0.25, 0.3) is 0 Å². The molecule has 30 heavy (non-hydrogen) atoms. The third kappa shape index (κ3) is 7.45. The smallest absolute Gasteiger partial charge is 0.309 e. The quantitative estimate of drug-likeness (QED) is 0.352. The van der Waals surface area contributed by atoms with Crippen molar-refractivity contribution in [2.45, 2.75) is 106 Å². The molecule has 0 saturated carbocycles. The maximum Gasteiger partial charge on any atom is 0.309 e. The predicted octanol–water partition coefficient (Wildman–Crippen LogP) is 6.65. The van der Waals surface area contributed by atoms with Crippen molar-refractivity contribution in [3.8, 4) is 0 Å². The zero-order valence-electron chi connectivity index (χ0n) is 20.2. The van der Waals surface area contributed by atoms with Crippen LogP contribution < -0.4 is 0 Å². The number of aryl methyl sites for hydroxylation is 2. The SMILES string of the molecule is Cc1c(CCCCCC(C)(C)C(=O)O)cc(CCCCC(C)(C)C(=O)O)c(C)c1C. The van der Waals surface area contributed by atoms with E-state index in [1.807, 2.05) is 0 Å². The van der Waals surface area contributed by atoms with Gasteiger partial charge in [0.05, 0.1) is 10.8 Å². The number of aliphatic carboxylic acids is 2. The molecule has 0 saturated heterocycles. The van der Waals surface area contributed by atoms with Crippen LogP contribution in [0, 0.1) is 31.6 Å². The van der Waals surface area contributed by atoms with Gasteiger partial charge in [0.15, 0.2) is 0 Å². The van der Waals surface area contributed by atoms with Gasteiger partial charge >= 0.3 is 11.9 Å². The minimum atomic E-state index is -0.723. The Kier molecular flexibility index (Phi) is 9.58. The normalized spacial score (nSPS) is 12.2. The van der Waals surface area contributed by atoms with Gasteiger partial charge in [-0.25, -0.2) is 0 Å². The molecule has 1 aromatic rings. The molecule has 1 rings (SSSR count). The Balaban J connectivity index is 2.64. The standard InChI is InChI=1S/C26H42O4/c1-18-19(2)21(13-9-8-11-15-25(4,5)23(27)28)17-22(20(18)3)14-10-12-16-26(6,7)24(29)30/h17H,8-16H2,1-7H3,(H,27,28)(H,29,30). The zero-order chi connectivity index (χ0) is 23.1. The van der Waals surface area contributed by atoms with E-state index in [0.29, 0.717) is 12.8 Å². The van der Waals surface area contributed by atoms with Crippen LogP contribution in [0.15, 0.2) is 6.07 Å². The summed E-state index contributed by atoms with van der Waals surface area (Å²) in [4.78, 5) is 22.5. The van der Waals surface area contributed by atoms with Crippen molar-refractivity contribution in [3.63, 3.8) is 0 Å². The fraction of sp³-hybridized carbons (Fsp3) is 0.692. The lowest BCUT2D eigenvalue weighted by atomic mass is 9.85. The highest BCUT2D eigenvalue weighted by molar-refractivity contribution is 5.73. The summed E-state index contributed by atoms with van der Waals surface area (Å²) in [6.07, 6.45) is 8.41. The van der Waals surface area contributed by atoms with Crippen LogP contribution in [-0.2, 0) is 22.4 Å². The molecule has 4 nitrogen and oxygen atoms in total. The molecule has 1 aromatic carbocycles. The lowest BCUT2D eigenvalue weighted by Crippen LogP contribution is -2.23. The van der Waals surface area contributed by atoms with Crippen LogP contribution in [0.2, 0.25) is 0 Å². The highest BCUT2D eigenvalue weighted by atomic mass is 16.4. The summed E-state index contributed by atoms with van der Waals surface area (Å²) in [7, 11) is 0. The fourth-order valence-electron chi connectivity index (χ4n) is 3.86. The van der Waals surface area contributed by atoms with Crippen molar-refractivity contribution in [2.24, 2.45) is 10.8 Å². The van der Waals surface area contributed by atoms with Crippen LogP contribution in [-0.4, -0.2) is 22.2 Å². The Bertz CT molecular complexity index is 744. The van der Waals surface area contributed by atoms with Crippen LogP contribution in [0.3, 0.4) is 0 Å². The second kappa shape index (κ2) is 11.0. The van der Waals surface area contributed by atoms with Gasteiger partial charge in [-0.1, -0.05) is 25.3 Å². The lowest BCUT2D eigenvalue weighted by Gasteiger charge is -2.20. The van der Waals surface area contributed by atoms with E-state index in [9.17, 15) is 19.8 Å². The van der Waals surface area contributed by atoms with Gasteiger partial charge in [-0.15, -0.1) is 0 Å². The van der Waals surface area contributed by atoms with Crippen LogP contribution in [0.5, 0.6) is 0 Å². The highest BCUT2D eigenvalue weighted by Crippen LogP contribution is 2.28. The molecule has 0 spiro atoms. The van der Waals surface area contributed by atoms with Gasteiger partial charge in [-0.3, -0.25) is 9.59 Å². The monoisotopic (exact) mass is 418 g/mol. The molecule has 0 aliphatic carbocycles. The van der Waals surface area contributed by atoms with E-state index in [1.165, 1.54) is 27.8 Å². The molecule has 4 heteroatoms. The number of hydrogen-bond acceptors (Lipinski definition) is 2. The molecule has 0 radical (unpaired) electrons. The average Bonchev–Trinajstić information content (AvgIpc) is 2.65. The number of unbranched alkanes of at least 4 members (excludes halogenated alkanes) is 3. The molecular formula is C26H42O4. The maximum atomic E-state index is 11.3. The van der Waals surface area contributed by atoms with Crippen molar-refractivity contribution in [2.75, 3.05) is 0 Å². The topological polar surface area (TPSA) is 74.6 Å². The average molecular weight is 419 g/mol. The van der Waals surface area contributed by atoms with Crippen molar-refractivity contribution in [1.29, 1.82) is 0 Å². The van der Waals surface area contributed by atoms with E-state index in [1.54, 1.807) is 27.7 Å². The molecular weight excluding hydrogens is 376 g/mol. The van der Waals surface area contributed by atoms with Gasteiger partial charge in [0.1, 0.15) is 0 Å². The Morgan fingerprint density at radius 1 is 0.667 bits per heavy atom. The van der Waals surface area contributed by atoms with Crippen molar-refractivity contribution >= 4 is 11.9 Å². The molecule has 0 bridgehead atoms. The minimum absolute atomic E-state index is 0.640. The summed E-state index contributed by atoms with van der Waals surface area (Å²) in [5.41, 5.74) is 5.58. The Morgan fingerprint density at radius 3 is 1.43 bits per heavy atom. The van der Waals surface area contributed by atoms with Gasteiger partial charge in [-0.2, -0.15) is 0 Å². The summed E-state index contributed by atoms with van der Waals surface area (Å²) in [5.74, 6) is -1.44. The molecule has 0 aliphatic heterocycles. The lowest BCUT2D eigenvalue weighted by molar-refractivity contribution is -0.148. The van der Waals surface area contributed by atoms with Crippen LogP contribution >= 0.6 is 0 Å². The number of carbonyl (C=O) groups is 2. The predicted molar refractivity (Wildman–Crippen MR) is 123 cm³/mol. The maximum absolute atomic E-state index is 11.3. The summed E-state index contributed by atoms with van der Waals surface area (Å²) in [6.45, 7) is 13.8. The van der Waals surface area contributed by atoms with E-state index in [2.05, 4.69) is 26.8 Å². The summed E-state index contributed by atoms with van der Waals surface area (Å²) < 4.78 is 0. The minimum Gasteiger partial charge on any atom is -0.481 e. The van der Waals surface area contributed by atoms with E-state index in [0.717, 1.165) is 44.9 Å². The second-order valence-electron chi connectivity index (χ2n) is 10.2. The first-order valence-electron chi connectivity index (χ1n) is 11.3. The van der Waals surface area contributed by atoms with Crippen molar-refractivity contribution < 1.29 is 19.8 Å². The number of carboxylic acids is 2. The van der Waals surface area contributed by atoms with Gasteiger partial charge in [0, 0.05) is 0 Å². The number of benzene rings is 1. The molecule has 0 aromatic heterocycles. The first kappa shape index (κ1) is 26.2. The second-order valence-corrected chi connectivity index (χ2v) is 10.2. The molecule has 170 valence electrons. The molecule has 0 heterocycles. The van der Waals surface area contributed by atoms with E-state index in [4.69, 9.17) is 0 Å². The Labute approximate surface area is 183 Å². The molecule has 0 amide bonds. The van der Waals surface area contributed by atoms with Crippen LogP contribution in [0.25, 0.3) is 0 Å². The van der Waals surface area contributed by atoms with E-state index < -0.39 is 22.8 Å². The Morgan fingerprint density at radius 2 is 1.03 bits per heavy atom. The Hall–Kier alpha value is -1.84. The summed E-state index contributed by atoms with van der Waals surface area (Å²) >= 11 is 0. The molecule has 0 fully saturated rings. The molecule has 0 aliphatic rings. The van der Waals surface area contributed by atoms with Gasteiger partial charge < -0.3 is 10.2 Å². The first-order chi connectivity index (χ1) is 13.8. The molecule has 0 unspecified atom stereocenters. The van der Waals surface area contributed by atoms with Crippen molar-refractivity contribution in [3.05, 3.63) is 33.9 Å². The van der Waals surface area contributed by atoms with E-state index >= 15 is 0 Å². The van der Waals surface area contributed by atoms with Crippen molar-refractivity contribution in [1.82, 2.24) is 0 Å². The largest absolute Gasteiger partial charge is 0.481 e. The summed E-state index contributed by atoms with van der Waals surface area (Å²) in [6, 6.07) is 2.35. The fourth-order valence-corrected chi connectivity index (χ4v) is 3.86. The summed E-state index contributed by atoms with van der Waals surface area (Å²) in [5, 5.41) is 18.5. The highest BCUT2D eigenvalue weighted by Gasteiger charge is 2.26. The molecule has 2 N–H and O–H groups in total. The third-order valence-electron chi connectivity index (χ3n) is 6.84. The number of hydrogen-bond donors (Lipinski definition) is 2. The zero-order valence-corrected chi connectivity index (χ0v) is 20.2. The number of rotatable bonds is 13.